The first-order chi connectivity index (χ1) is 12.1. The molecule has 2 aliphatic rings. The predicted octanol–water partition coefficient (Wildman–Crippen LogP) is 2.61. The molecule has 3 heterocycles. The SMILES string of the molecule is CN1CCC[C@]2(C(=O)O)CCN(Cc3cccc4ncccc34)C[C@@H]12. The van der Waals surface area contributed by atoms with Crippen LogP contribution in [0, 0.1) is 5.41 Å². The van der Waals surface area contributed by atoms with E-state index in [0.717, 1.165) is 51.0 Å². The second-order valence-electron chi connectivity index (χ2n) is 7.53. The highest BCUT2D eigenvalue weighted by Gasteiger charge is 2.52. The van der Waals surface area contributed by atoms with Gasteiger partial charge in [0.05, 0.1) is 10.9 Å². The van der Waals surface area contributed by atoms with Crippen molar-refractivity contribution in [2.45, 2.75) is 31.8 Å². The van der Waals surface area contributed by atoms with Crippen LogP contribution >= 0.6 is 0 Å². The fraction of sp³-hybridized carbons (Fsp3) is 0.500. The molecule has 2 fully saturated rings. The topological polar surface area (TPSA) is 56.7 Å². The highest BCUT2D eigenvalue weighted by atomic mass is 16.4. The number of carbonyl (C=O) groups is 1. The third kappa shape index (κ3) is 2.81. The molecule has 2 aromatic rings. The standard InChI is InChI=1S/C20H25N3O2/c1-22-11-4-8-20(19(24)25)9-12-23(14-18(20)22)13-15-5-2-7-17-16(15)6-3-10-21-17/h2-3,5-7,10,18H,4,8-9,11-14H2,1H3,(H,24,25)/t18-,20+/m1/s1. The Morgan fingerprint density at radius 2 is 2.16 bits per heavy atom. The minimum atomic E-state index is -0.613. The van der Waals surface area contributed by atoms with Gasteiger partial charge in [0.25, 0.3) is 0 Å². The highest BCUT2D eigenvalue weighted by Crippen LogP contribution is 2.42. The lowest BCUT2D eigenvalue weighted by Crippen LogP contribution is -2.62. The molecule has 0 spiro atoms. The number of likely N-dealkylation sites (N-methyl/N-ethyl adjacent to an activating group) is 1. The lowest BCUT2D eigenvalue weighted by atomic mass is 9.68. The lowest BCUT2D eigenvalue weighted by Gasteiger charge is -2.51. The molecule has 0 aliphatic carbocycles. The van der Waals surface area contributed by atoms with Crippen LogP contribution in [0.15, 0.2) is 36.5 Å². The summed E-state index contributed by atoms with van der Waals surface area (Å²) in [6.07, 6.45) is 4.35. The molecule has 0 bridgehead atoms. The van der Waals surface area contributed by atoms with Crippen molar-refractivity contribution in [2.75, 3.05) is 26.7 Å². The van der Waals surface area contributed by atoms with Crippen molar-refractivity contribution in [3.8, 4) is 0 Å². The molecule has 5 nitrogen and oxygen atoms in total. The van der Waals surface area contributed by atoms with E-state index in [4.69, 9.17) is 0 Å². The van der Waals surface area contributed by atoms with Gasteiger partial charge in [0.2, 0.25) is 0 Å². The van der Waals surface area contributed by atoms with Gasteiger partial charge in [0, 0.05) is 30.7 Å². The van der Waals surface area contributed by atoms with Crippen LogP contribution in [0.4, 0.5) is 0 Å². The number of carboxylic acid groups (broad SMARTS) is 1. The summed E-state index contributed by atoms with van der Waals surface area (Å²) < 4.78 is 0. The van der Waals surface area contributed by atoms with Crippen LogP contribution in [0.3, 0.4) is 0 Å². The first-order valence-corrected chi connectivity index (χ1v) is 9.09. The molecule has 4 rings (SSSR count). The molecule has 25 heavy (non-hydrogen) atoms. The number of likely N-dealkylation sites (tertiary alicyclic amines) is 2. The van der Waals surface area contributed by atoms with Crippen LogP contribution in [0.5, 0.6) is 0 Å². The summed E-state index contributed by atoms with van der Waals surface area (Å²) in [7, 11) is 2.08. The maximum Gasteiger partial charge on any atom is 0.311 e. The molecule has 2 aliphatic heterocycles. The second kappa shape index (κ2) is 6.39. The molecule has 5 heteroatoms. The fourth-order valence-corrected chi connectivity index (χ4v) is 4.73. The highest BCUT2D eigenvalue weighted by molar-refractivity contribution is 5.82. The van der Waals surface area contributed by atoms with Gasteiger partial charge in [-0.3, -0.25) is 14.7 Å². The number of pyridine rings is 1. The minimum absolute atomic E-state index is 0.0978. The van der Waals surface area contributed by atoms with E-state index in [1.54, 1.807) is 0 Å². The summed E-state index contributed by atoms with van der Waals surface area (Å²) in [5.41, 5.74) is 1.72. The fourth-order valence-electron chi connectivity index (χ4n) is 4.73. The van der Waals surface area contributed by atoms with Gasteiger partial charge in [-0.05, 0) is 57.1 Å². The first kappa shape index (κ1) is 16.5. The number of aromatic nitrogens is 1. The van der Waals surface area contributed by atoms with Gasteiger partial charge in [-0.25, -0.2) is 0 Å². The first-order valence-electron chi connectivity index (χ1n) is 9.09. The third-order valence-corrected chi connectivity index (χ3v) is 6.16. The summed E-state index contributed by atoms with van der Waals surface area (Å²) in [6, 6.07) is 10.5. The van der Waals surface area contributed by atoms with E-state index in [1.165, 1.54) is 10.9 Å². The van der Waals surface area contributed by atoms with Crippen LogP contribution in [-0.2, 0) is 11.3 Å². The smallest absolute Gasteiger partial charge is 0.311 e. The number of piperidine rings is 2. The Morgan fingerprint density at radius 3 is 3.00 bits per heavy atom. The molecule has 0 saturated carbocycles. The largest absolute Gasteiger partial charge is 0.481 e. The van der Waals surface area contributed by atoms with Crippen molar-refractivity contribution in [3.63, 3.8) is 0 Å². The lowest BCUT2D eigenvalue weighted by molar-refractivity contribution is -0.162. The summed E-state index contributed by atoms with van der Waals surface area (Å²) in [4.78, 5) is 21.2. The number of rotatable bonds is 3. The number of hydrogen-bond acceptors (Lipinski definition) is 4. The molecule has 1 aromatic carbocycles. The zero-order chi connectivity index (χ0) is 17.4. The van der Waals surface area contributed by atoms with Gasteiger partial charge >= 0.3 is 5.97 Å². The maximum absolute atomic E-state index is 12.0. The monoisotopic (exact) mass is 339 g/mol. The summed E-state index contributed by atoms with van der Waals surface area (Å²) in [5.74, 6) is -0.613. The number of benzene rings is 1. The van der Waals surface area contributed by atoms with Crippen LogP contribution < -0.4 is 0 Å². The van der Waals surface area contributed by atoms with Crippen molar-refractivity contribution in [1.29, 1.82) is 0 Å². The predicted molar refractivity (Wildman–Crippen MR) is 97.4 cm³/mol. The quantitative estimate of drug-likeness (QED) is 0.931. The Kier molecular flexibility index (Phi) is 4.21. The molecule has 132 valence electrons. The van der Waals surface area contributed by atoms with Gasteiger partial charge in [-0.2, -0.15) is 0 Å². The summed E-state index contributed by atoms with van der Waals surface area (Å²) >= 11 is 0. The Labute approximate surface area is 148 Å². The molecular weight excluding hydrogens is 314 g/mol. The Morgan fingerprint density at radius 1 is 1.28 bits per heavy atom. The summed E-state index contributed by atoms with van der Waals surface area (Å²) in [5, 5.41) is 11.1. The Balaban J connectivity index is 1.58. The number of aliphatic carboxylic acids is 1. The van der Waals surface area contributed by atoms with E-state index in [2.05, 4.69) is 40.0 Å². The minimum Gasteiger partial charge on any atom is -0.481 e. The third-order valence-electron chi connectivity index (χ3n) is 6.16. The molecule has 1 aromatic heterocycles. The average Bonchev–Trinajstić information content (AvgIpc) is 2.63. The zero-order valence-corrected chi connectivity index (χ0v) is 14.7. The van der Waals surface area contributed by atoms with E-state index in [9.17, 15) is 9.90 Å². The summed E-state index contributed by atoms with van der Waals surface area (Å²) in [6.45, 7) is 3.50. The Hall–Kier alpha value is -1.98. The average molecular weight is 339 g/mol. The van der Waals surface area contributed by atoms with Crippen LogP contribution in [0.25, 0.3) is 10.9 Å². The number of hydrogen-bond donors (Lipinski definition) is 1. The van der Waals surface area contributed by atoms with E-state index >= 15 is 0 Å². The maximum atomic E-state index is 12.0. The number of nitrogens with zero attached hydrogens (tertiary/aromatic N) is 3. The Bertz CT molecular complexity index is 788. The molecule has 2 saturated heterocycles. The molecular formula is C20H25N3O2. The van der Waals surface area contributed by atoms with Gasteiger partial charge in [-0.1, -0.05) is 18.2 Å². The molecule has 1 N–H and O–H groups in total. The van der Waals surface area contributed by atoms with E-state index in [0.29, 0.717) is 0 Å². The number of carboxylic acids is 1. The van der Waals surface area contributed by atoms with Gasteiger partial charge in [0.15, 0.2) is 0 Å². The molecule has 2 atom stereocenters. The molecule has 0 radical (unpaired) electrons. The van der Waals surface area contributed by atoms with Gasteiger partial charge < -0.3 is 10.0 Å². The van der Waals surface area contributed by atoms with E-state index < -0.39 is 11.4 Å². The van der Waals surface area contributed by atoms with Crippen molar-refractivity contribution in [1.82, 2.24) is 14.8 Å². The zero-order valence-electron chi connectivity index (χ0n) is 14.7. The molecule has 0 amide bonds. The van der Waals surface area contributed by atoms with Crippen LogP contribution in [-0.4, -0.2) is 58.6 Å². The van der Waals surface area contributed by atoms with Crippen molar-refractivity contribution in [2.24, 2.45) is 5.41 Å². The van der Waals surface area contributed by atoms with Crippen LogP contribution in [0.2, 0.25) is 0 Å². The van der Waals surface area contributed by atoms with Gasteiger partial charge in [-0.15, -0.1) is 0 Å². The van der Waals surface area contributed by atoms with Crippen molar-refractivity contribution in [3.05, 3.63) is 42.1 Å². The second-order valence-corrected chi connectivity index (χ2v) is 7.53. The normalized spacial score (nSPS) is 28.0. The van der Waals surface area contributed by atoms with Crippen molar-refractivity contribution >= 4 is 16.9 Å². The van der Waals surface area contributed by atoms with E-state index in [1.807, 2.05) is 18.3 Å². The van der Waals surface area contributed by atoms with Crippen molar-refractivity contribution < 1.29 is 9.90 Å². The van der Waals surface area contributed by atoms with Gasteiger partial charge in [0.1, 0.15) is 0 Å². The van der Waals surface area contributed by atoms with Crippen LogP contribution in [0.1, 0.15) is 24.8 Å². The van der Waals surface area contributed by atoms with E-state index in [-0.39, 0.29) is 6.04 Å². The molecule has 0 unspecified atom stereocenters. The number of fused-ring (bicyclic) bond motifs is 2.